The maximum absolute atomic E-state index is 13.6. The lowest BCUT2D eigenvalue weighted by Gasteiger charge is -2.36. The third-order valence-corrected chi connectivity index (χ3v) is 2.09. The molecule has 4 nitrogen and oxygen atoms in total. The summed E-state index contributed by atoms with van der Waals surface area (Å²) in [6.45, 7) is 3.12. The minimum absolute atomic E-state index is 0.191. The summed E-state index contributed by atoms with van der Waals surface area (Å²) in [4.78, 5) is 12.4. The minimum Gasteiger partial charge on any atom is -0.453 e. The lowest BCUT2D eigenvalue weighted by atomic mass is 10.1. The number of ether oxygens (including phenoxy) is 2. The second-order valence-electron chi connectivity index (χ2n) is 4.78. The number of carbonyl (C=O) groups is 1. The number of hydrogen-bond donors (Lipinski definition) is 0. The number of amides is 1. The molecule has 0 radical (unpaired) electrons. The average Bonchev–Trinajstić information content (AvgIpc) is 2.24. The highest BCUT2D eigenvalue weighted by molar-refractivity contribution is 5.68. The van der Waals surface area contributed by atoms with Crippen LogP contribution in [0.4, 0.5) is 13.6 Å². The molecule has 0 aromatic carbocycles. The fraction of sp³-hybridized carbons (Fsp3) is 0.750. The quantitative estimate of drug-likeness (QED) is 0.563. The van der Waals surface area contributed by atoms with Gasteiger partial charge in [-0.3, -0.25) is 4.90 Å². The van der Waals surface area contributed by atoms with Gasteiger partial charge in [0, 0.05) is 5.54 Å². The van der Waals surface area contributed by atoms with Crippen molar-refractivity contribution < 1.29 is 23.0 Å². The van der Waals surface area contributed by atoms with E-state index >= 15 is 0 Å². The Morgan fingerprint density at radius 3 is 2.33 bits per heavy atom. The van der Waals surface area contributed by atoms with Crippen molar-refractivity contribution in [1.29, 1.82) is 0 Å². The van der Waals surface area contributed by atoms with E-state index in [0.29, 0.717) is 0 Å². The Bertz CT molecular complexity index is 318. The topological polar surface area (TPSA) is 38.8 Å². The van der Waals surface area contributed by atoms with E-state index in [1.165, 1.54) is 0 Å². The minimum atomic E-state index is -3.18. The van der Waals surface area contributed by atoms with E-state index < -0.39 is 30.7 Å². The molecule has 0 atom stereocenters. The first kappa shape index (κ1) is 16.6. The number of hydrogen-bond acceptors (Lipinski definition) is 3. The Morgan fingerprint density at radius 1 is 1.39 bits per heavy atom. The largest absolute Gasteiger partial charge is 0.453 e. The molecule has 0 aromatic heterocycles. The van der Waals surface area contributed by atoms with Crippen molar-refractivity contribution in [1.82, 2.24) is 4.90 Å². The second-order valence-corrected chi connectivity index (χ2v) is 4.78. The van der Waals surface area contributed by atoms with Crippen LogP contribution in [0, 0.1) is 12.3 Å². The van der Waals surface area contributed by atoms with Crippen molar-refractivity contribution in [3.05, 3.63) is 0 Å². The van der Waals surface area contributed by atoms with Crippen LogP contribution in [0.5, 0.6) is 0 Å². The highest BCUT2D eigenvalue weighted by atomic mass is 19.3. The predicted octanol–water partition coefficient (Wildman–Crippen LogP) is 2.14. The van der Waals surface area contributed by atoms with Crippen molar-refractivity contribution in [3.8, 4) is 12.3 Å². The molecule has 0 aliphatic carbocycles. The van der Waals surface area contributed by atoms with Crippen LogP contribution in [0.2, 0.25) is 0 Å². The molecule has 1 amide bonds. The maximum Gasteiger partial charge on any atom is 0.410 e. The first-order valence-corrected chi connectivity index (χ1v) is 5.38. The smallest absolute Gasteiger partial charge is 0.410 e. The van der Waals surface area contributed by atoms with Gasteiger partial charge in [-0.15, -0.1) is 6.42 Å². The van der Waals surface area contributed by atoms with Gasteiger partial charge in [0.1, 0.15) is 13.2 Å². The molecule has 18 heavy (non-hydrogen) atoms. The zero-order chi connectivity index (χ0) is 14.4. The van der Waals surface area contributed by atoms with E-state index in [1.807, 2.05) is 0 Å². The van der Waals surface area contributed by atoms with E-state index in [2.05, 4.69) is 15.4 Å². The van der Waals surface area contributed by atoms with Crippen LogP contribution in [0.1, 0.15) is 20.8 Å². The SMILES string of the molecule is C#CCOCC(F)(F)CN(C(=O)OC)C(C)(C)C. The molecule has 6 heteroatoms. The number of nitrogens with zero attached hydrogens (tertiary/aromatic N) is 1. The van der Waals surface area contributed by atoms with Gasteiger partial charge >= 0.3 is 6.09 Å². The summed E-state index contributed by atoms with van der Waals surface area (Å²) < 4.78 is 36.3. The van der Waals surface area contributed by atoms with Gasteiger partial charge in [0.25, 0.3) is 5.92 Å². The summed E-state index contributed by atoms with van der Waals surface area (Å²) in [7, 11) is 1.15. The van der Waals surface area contributed by atoms with Crippen molar-refractivity contribution in [2.24, 2.45) is 0 Å². The van der Waals surface area contributed by atoms with E-state index in [1.54, 1.807) is 20.8 Å². The van der Waals surface area contributed by atoms with E-state index in [9.17, 15) is 13.6 Å². The Hall–Kier alpha value is -1.35. The van der Waals surface area contributed by atoms with Crippen molar-refractivity contribution >= 4 is 6.09 Å². The lowest BCUT2D eigenvalue weighted by Crippen LogP contribution is -2.52. The average molecular weight is 263 g/mol. The number of carbonyl (C=O) groups excluding carboxylic acids is 1. The first-order chi connectivity index (χ1) is 8.14. The number of terminal acetylenes is 1. The third kappa shape index (κ3) is 5.82. The zero-order valence-electron chi connectivity index (χ0n) is 11.1. The lowest BCUT2D eigenvalue weighted by molar-refractivity contribution is -0.0965. The van der Waals surface area contributed by atoms with E-state index in [4.69, 9.17) is 6.42 Å². The predicted molar refractivity (Wildman–Crippen MR) is 63.5 cm³/mol. The summed E-state index contributed by atoms with van der Waals surface area (Å²) in [6.07, 6.45) is 4.09. The Morgan fingerprint density at radius 2 is 1.94 bits per heavy atom. The van der Waals surface area contributed by atoms with Gasteiger partial charge in [-0.25, -0.2) is 13.6 Å². The van der Waals surface area contributed by atoms with E-state index in [0.717, 1.165) is 12.0 Å². The van der Waals surface area contributed by atoms with Gasteiger partial charge in [-0.1, -0.05) is 5.92 Å². The number of alkyl halides is 2. The van der Waals surface area contributed by atoms with Gasteiger partial charge in [0.15, 0.2) is 0 Å². The zero-order valence-corrected chi connectivity index (χ0v) is 11.1. The van der Waals surface area contributed by atoms with Crippen LogP contribution < -0.4 is 0 Å². The summed E-state index contributed by atoms with van der Waals surface area (Å²) in [6, 6.07) is 0. The summed E-state index contributed by atoms with van der Waals surface area (Å²) in [5.74, 6) is -1.09. The Labute approximate surface area is 106 Å². The molecule has 0 saturated heterocycles. The first-order valence-electron chi connectivity index (χ1n) is 5.38. The molecule has 0 aromatic rings. The fourth-order valence-electron chi connectivity index (χ4n) is 1.22. The molecule has 0 bridgehead atoms. The molecule has 0 heterocycles. The number of halogens is 2. The van der Waals surface area contributed by atoms with Crippen molar-refractivity contribution in [3.63, 3.8) is 0 Å². The molecule has 0 saturated carbocycles. The summed E-state index contributed by atoms with van der Waals surface area (Å²) >= 11 is 0. The van der Waals surface area contributed by atoms with Gasteiger partial charge in [-0.05, 0) is 20.8 Å². The summed E-state index contributed by atoms with van der Waals surface area (Å²) in [5.41, 5.74) is -0.775. The van der Waals surface area contributed by atoms with Gasteiger partial charge in [0.05, 0.1) is 13.7 Å². The van der Waals surface area contributed by atoms with Crippen LogP contribution in [0.15, 0.2) is 0 Å². The monoisotopic (exact) mass is 263 g/mol. The molecule has 0 spiro atoms. The van der Waals surface area contributed by atoms with Crippen molar-refractivity contribution in [2.45, 2.75) is 32.2 Å². The highest BCUT2D eigenvalue weighted by Crippen LogP contribution is 2.22. The van der Waals surface area contributed by atoms with Crippen LogP contribution in [0.3, 0.4) is 0 Å². The van der Waals surface area contributed by atoms with Crippen LogP contribution in [-0.4, -0.2) is 49.3 Å². The van der Waals surface area contributed by atoms with Gasteiger partial charge in [0.2, 0.25) is 0 Å². The third-order valence-electron chi connectivity index (χ3n) is 2.09. The molecule has 104 valence electrons. The molecule has 0 fully saturated rings. The molecule has 0 unspecified atom stereocenters. The Kier molecular flexibility index (Phi) is 6.06. The highest BCUT2D eigenvalue weighted by Gasteiger charge is 2.39. The van der Waals surface area contributed by atoms with Crippen molar-refractivity contribution in [2.75, 3.05) is 26.9 Å². The summed E-state index contributed by atoms with van der Waals surface area (Å²) in [5, 5.41) is 0. The molecule has 0 aliphatic heterocycles. The second kappa shape index (κ2) is 6.55. The van der Waals surface area contributed by atoms with Gasteiger partial charge < -0.3 is 9.47 Å². The molecule has 0 rings (SSSR count). The van der Waals surface area contributed by atoms with Gasteiger partial charge in [-0.2, -0.15) is 0 Å². The molecular formula is C12H19F2NO3. The van der Waals surface area contributed by atoms with Crippen LogP contribution >= 0.6 is 0 Å². The number of methoxy groups -OCH3 is 1. The normalized spacial score (nSPS) is 11.8. The maximum atomic E-state index is 13.6. The molecule has 0 N–H and O–H groups in total. The van der Waals surface area contributed by atoms with Crippen LogP contribution in [0.25, 0.3) is 0 Å². The number of rotatable bonds is 5. The fourth-order valence-corrected chi connectivity index (χ4v) is 1.22. The molecular weight excluding hydrogens is 244 g/mol. The van der Waals surface area contributed by atoms with E-state index in [-0.39, 0.29) is 6.61 Å². The Balaban J connectivity index is 4.67. The standard InChI is InChI=1S/C12H19F2NO3/c1-6-7-18-9-12(13,14)8-15(10(16)17-5)11(2,3)4/h1H,7-9H2,2-5H3. The molecule has 0 aliphatic rings. The van der Waals surface area contributed by atoms with Crippen LogP contribution in [-0.2, 0) is 9.47 Å².